The molecular weight excluding hydrogens is 320 g/mol. The lowest BCUT2D eigenvalue weighted by atomic mass is 10.1. The fraction of sp³-hybridized carbons (Fsp3) is 0.333. The van der Waals surface area contributed by atoms with Crippen molar-refractivity contribution in [2.75, 3.05) is 31.1 Å². The maximum absolute atomic E-state index is 12.5. The number of carbonyl (C=O) groups is 2. The van der Waals surface area contributed by atoms with Crippen molar-refractivity contribution in [3.63, 3.8) is 0 Å². The van der Waals surface area contributed by atoms with Gasteiger partial charge in [-0.1, -0.05) is 12.1 Å². The Morgan fingerprint density at radius 3 is 2.24 bits per heavy atom. The topological polar surface area (TPSA) is 86.6 Å². The van der Waals surface area contributed by atoms with E-state index in [1.807, 2.05) is 0 Å². The Morgan fingerprint density at radius 1 is 1.00 bits per heavy atom. The molecule has 1 saturated heterocycles. The third kappa shape index (κ3) is 3.60. The van der Waals surface area contributed by atoms with E-state index < -0.39 is 5.97 Å². The van der Waals surface area contributed by atoms with Crippen molar-refractivity contribution in [1.29, 1.82) is 0 Å². The van der Waals surface area contributed by atoms with E-state index >= 15 is 0 Å². The molecule has 1 N–H and O–H groups in total. The second-order valence-corrected chi connectivity index (χ2v) is 6.16. The molecule has 2 heterocycles. The number of aryl methyl sites for hydroxylation is 2. The van der Waals surface area contributed by atoms with Crippen LogP contribution in [0.2, 0.25) is 0 Å². The maximum Gasteiger partial charge on any atom is 0.356 e. The van der Waals surface area contributed by atoms with Gasteiger partial charge in [-0.25, -0.2) is 14.8 Å². The number of benzene rings is 1. The molecule has 0 spiro atoms. The van der Waals surface area contributed by atoms with Gasteiger partial charge in [0.1, 0.15) is 5.69 Å². The number of aromatic nitrogens is 2. The van der Waals surface area contributed by atoms with E-state index in [0.29, 0.717) is 13.1 Å². The molecule has 0 saturated carbocycles. The molecule has 7 nitrogen and oxygen atoms in total. The monoisotopic (exact) mass is 340 g/mol. The summed E-state index contributed by atoms with van der Waals surface area (Å²) in [6, 6.07) is 6.38. The molecule has 0 unspecified atom stereocenters. The van der Waals surface area contributed by atoms with E-state index in [2.05, 4.69) is 46.9 Å². The highest BCUT2D eigenvalue weighted by molar-refractivity contribution is 5.93. The second kappa shape index (κ2) is 6.88. The van der Waals surface area contributed by atoms with Crippen LogP contribution in [-0.2, 0) is 0 Å². The number of anilines is 1. The lowest BCUT2D eigenvalue weighted by Gasteiger charge is -2.36. The van der Waals surface area contributed by atoms with Gasteiger partial charge in [0.2, 0.25) is 0 Å². The van der Waals surface area contributed by atoms with E-state index in [4.69, 9.17) is 5.11 Å². The molecule has 1 aliphatic heterocycles. The summed E-state index contributed by atoms with van der Waals surface area (Å²) in [6.07, 6.45) is 2.34. The van der Waals surface area contributed by atoms with Gasteiger partial charge in [0.15, 0.2) is 5.69 Å². The standard InChI is InChI=1S/C18H20N4O3/c1-12-3-4-13(2)16(9-12)21-5-7-22(8-6-21)17(23)14-10-20-15(11-19-14)18(24)25/h3-4,9-11H,5-8H2,1-2H3,(H,24,25). The first-order valence-electron chi connectivity index (χ1n) is 8.12. The fourth-order valence-corrected chi connectivity index (χ4v) is 2.92. The summed E-state index contributed by atoms with van der Waals surface area (Å²) in [5.74, 6) is -1.38. The van der Waals surface area contributed by atoms with Gasteiger partial charge in [-0.05, 0) is 31.0 Å². The maximum atomic E-state index is 12.5. The van der Waals surface area contributed by atoms with Gasteiger partial charge >= 0.3 is 5.97 Å². The molecule has 0 aliphatic carbocycles. The van der Waals surface area contributed by atoms with Crippen LogP contribution in [-0.4, -0.2) is 58.0 Å². The summed E-state index contributed by atoms with van der Waals surface area (Å²) < 4.78 is 0. The first kappa shape index (κ1) is 16.9. The number of carboxylic acid groups (broad SMARTS) is 1. The first-order valence-corrected chi connectivity index (χ1v) is 8.12. The summed E-state index contributed by atoms with van der Waals surface area (Å²) in [5.41, 5.74) is 3.65. The average Bonchev–Trinajstić information content (AvgIpc) is 2.63. The van der Waals surface area contributed by atoms with E-state index in [-0.39, 0.29) is 17.3 Å². The normalized spacial score (nSPS) is 14.5. The van der Waals surface area contributed by atoms with E-state index in [0.717, 1.165) is 19.3 Å². The summed E-state index contributed by atoms with van der Waals surface area (Å²) in [4.78, 5) is 35.0. The van der Waals surface area contributed by atoms with Crippen molar-refractivity contribution in [3.8, 4) is 0 Å². The van der Waals surface area contributed by atoms with Crippen molar-refractivity contribution in [3.05, 3.63) is 53.1 Å². The van der Waals surface area contributed by atoms with Crippen LogP contribution in [0.4, 0.5) is 5.69 Å². The van der Waals surface area contributed by atoms with Crippen LogP contribution in [0, 0.1) is 13.8 Å². The SMILES string of the molecule is Cc1ccc(C)c(N2CCN(C(=O)c3cnc(C(=O)O)cn3)CC2)c1. The molecule has 0 radical (unpaired) electrons. The summed E-state index contributed by atoms with van der Waals surface area (Å²) in [7, 11) is 0. The predicted octanol–water partition coefficient (Wildman–Crippen LogP) is 1.75. The van der Waals surface area contributed by atoms with Crippen LogP contribution in [0.1, 0.15) is 32.1 Å². The molecule has 7 heteroatoms. The van der Waals surface area contributed by atoms with Crippen molar-refractivity contribution in [2.45, 2.75) is 13.8 Å². The van der Waals surface area contributed by atoms with Gasteiger partial charge in [-0.15, -0.1) is 0 Å². The third-order valence-corrected chi connectivity index (χ3v) is 4.36. The quantitative estimate of drug-likeness (QED) is 0.916. The minimum absolute atomic E-state index is 0.170. The van der Waals surface area contributed by atoms with Crippen molar-refractivity contribution >= 4 is 17.6 Å². The molecule has 1 aliphatic rings. The zero-order valence-corrected chi connectivity index (χ0v) is 14.3. The third-order valence-electron chi connectivity index (χ3n) is 4.36. The van der Waals surface area contributed by atoms with Crippen molar-refractivity contribution < 1.29 is 14.7 Å². The molecule has 1 aromatic heterocycles. The number of hydrogen-bond donors (Lipinski definition) is 1. The highest BCUT2D eigenvalue weighted by Crippen LogP contribution is 2.23. The number of carbonyl (C=O) groups excluding carboxylic acids is 1. The summed E-state index contributed by atoms with van der Waals surface area (Å²) in [5, 5.41) is 8.84. The molecule has 1 amide bonds. The number of nitrogens with zero attached hydrogens (tertiary/aromatic N) is 4. The van der Waals surface area contributed by atoms with E-state index in [1.54, 1.807) is 4.90 Å². The Morgan fingerprint density at radius 2 is 1.64 bits per heavy atom. The predicted molar refractivity (Wildman–Crippen MR) is 93.0 cm³/mol. The minimum atomic E-state index is -1.16. The fourth-order valence-electron chi connectivity index (χ4n) is 2.92. The molecule has 25 heavy (non-hydrogen) atoms. The number of amides is 1. The molecular formula is C18H20N4O3. The Kier molecular flexibility index (Phi) is 4.65. The molecule has 3 rings (SSSR count). The van der Waals surface area contributed by atoms with Gasteiger partial charge < -0.3 is 14.9 Å². The highest BCUT2D eigenvalue weighted by Gasteiger charge is 2.24. The first-order chi connectivity index (χ1) is 12.0. The zero-order chi connectivity index (χ0) is 18.0. The Bertz CT molecular complexity index is 796. The van der Waals surface area contributed by atoms with E-state index in [1.165, 1.54) is 23.0 Å². The van der Waals surface area contributed by atoms with Gasteiger partial charge in [0.25, 0.3) is 5.91 Å². The average molecular weight is 340 g/mol. The van der Waals surface area contributed by atoms with Crippen LogP contribution >= 0.6 is 0 Å². The van der Waals surface area contributed by atoms with Gasteiger partial charge in [-0.2, -0.15) is 0 Å². The largest absolute Gasteiger partial charge is 0.476 e. The lowest BCUT2D eigenvalue weighted by molar-refractivity contribution is 0.0684. The number of aromatic carboxylic acids is 1. The molecule has 1 fully saturated rings. The molecule has 0 bridgehead atoms. The van der Waals surface area contributed by atoms with Crippen molar-refractivity contribution in [2.24, 2.45) is 0 Å². The van der Waals surface area contributed by atoms with Crippen LogP contribution in [0.25, 0.3) is 0 Å². The summed E-state index contributed by atoms with van der Waals surface area (Å²) in [6.45, 7) is 6.84. The lowest BCUT2D eigenvalue weighted by Crippen LogP contribution is -2.49. The van der Waals surface area contributed by atoms with Gasteiger partial charge in [0.05, 0.1) is 12.4 Å². The number of piperazine rings is 1. The van der Waals surface area contributed by atoms with Crippen molar-refractivity contribution in [1.82, 2.24) is 14.9 Å². The number of rotatable bonds is 3. The number of carboxylic acids is 1. The molecule has 130 valence electrons. The molecule has 1 aromatic carbocycles. The summed E-state index contributed by atoms with van der Waals surface area (Å²) >= 11 is 0. The zero-order valence-electron chi connectivity index (χ0n) is 14.3. The van der Waals surface area contributed by atoms with Crippen LogP contribution in [0.5, 0.6) is 0 Å². The van der Waals surface area contributed by atoms with Crippen LogP contribution < -0.4 is 4.90 Å². The number of hydrogen-bond acceptors (Lipinski definition) is 5. The Balaban J connectivity index is 1.66. The van der Waals surface area contributed by atoms with Crippen LogP contribution in [0.15, 0.2) is 30.6 Å². The Hall–Kier alpha value is -2.96. The van der Waals surface area contributed by atoms with Gasteiger partial charge in [0, 0.05) is 31.9 Å². The minimum Gasteiger partial charge on any atom is -0.476 e. The van der Waals surface area contributed by atoms with Gasteiger partial charge in [-0.3, -0.25) is 4.79 Å². The Labute approximate surface area is 145 Å². The molecule has 2 aromatic rings. The van der Waals surface area contributed by atoms with Crippen LogP contribution in [0.3, 0.4) is 0 Å². The highest BCUT2D eigenvalue weighted by atomic mass is 16.4. The van der Waals surface area contributed by atoms with E-state index in [9.17, 15) is 9.59 Å². The smallest absolute Gasteiger partial charge is 0.356 e. The second-order valence-electron chi connectivity index (χ2n) is 6.16. The molecule has 0 atom stereocenters.